The fourth-order valence-corrected chi connectivity index (χ4v) is 3.40. The molecule has 30 heavy (non-hydrogen) atoms. The van der Waals surface area contributed by atoms with E-state index in [-0.39, 0.29) is 18.1 Å². The van der Waals surface area contributed by atoms with Crippen LogP contribution in [0, 0.1) is 5.82 Å². The number of hydrogen-bond acceptors (Lipinski definition) is 4. The predicted molar refractivity (Wildman–Crippen MR) is 106 cm³/mol. The van der Waals surface area contributed by atoms with E-state index in [9.17, 15) is 22.4 Å². The van der Waals surface area contributed by atoms with Gasteiger partial charge in [0, 0.05) is 17.5 Å². The summed E-state index contributed by atoms with van der Waals surface area (Å²) in [6, 6.07) is 10.4. The minimum absolute atomic E-state index is 0.0793. The number of rotatable bonds is 8. The van der Waals surface area contributed by atoms with E-state index < -0.39 is 11.7 Å². The number of carbonyl (C=O) groups is 1. The number of nitrogens with zero attached hydrogens (tertiary/aromatic N) is 1. The maximum absolute atomic E-state index is 12.8. The summed E-state index contributed by atoms with van der Waals surface area (Å²) in [6.07, 6.45) is -3.72. The van der Waals surface area contributed by atoms with Crippen molar-refractivity contribution in [3.05, 3.63) is 71.0 Å². The Morgan fingerprint density at radius 2 is 1.77 bits per heavy atom. The number of aromatic nitrogens is 1. The van der Waals surface area contributed by atoms with Crippen LogP contribution in [0.25, 0.3) is 10.6 Å². The molecular weight excluding hydrogens is 420 g/mol. The van der Waals surface area contributed by atoms with Crippen molar-refractivity contribution in [3.8, 4) is 16.3 Å². The van der Waals surface area contributed by atoms with Gasteiger partial charge in [-0.25, -0.2) is 9.37 Å². The Labute approximate surface area is 174 Å². The minimum atomic E-state index is -4.38. The average Bonchev–Trinajstić information content (AvgIpc) is 3.17. The summed E-state index contributed by atoms with van der Waals surface area (Å²) in [4.78, 5) is 16.4. The molecule has 0 aliphatic rings. The summed E-state index contributed by atoms with van der Waals surface area (Å²) >= 11 is 1.27. The third-order valence-electron chi connectivity index (χ3n) is 4.08. The topological polar surface area (TPSA) is 51.2 Å². The first kappa shape index (κ1) is 21.8. The Balaban J connectivity index is 1.41. The van der Waals surface area contributed by atoms with Gasteiger partial charge in [-0.05, 0) is 42.8 Å². The second-order valence-corrected chi connectivity index (χ2v) is 7.26. The van der Waals surface area contributed by atoms with Gasteiger partial charge in [0.1, 0.15) is 16.6 Å². The molecule has 3 rings (SSSR count). The third-order valence-corrected chi connectivity index (χ3v) is 5.02. The van der Waals surface area contributed by atoms with Crippen molar-refractivity contribution in [2.24, 2.45) is 0 Å². The van der Waals surface area contributed by atoms with Crippen molar-refractivity contribution in [2.45, 2.75) is 19.0 Å². The van der Waals surface area contributed by atoms with Crippen LogP contribution in [0.4, 0.5) is 17.6 Å². The Kier molecular flexibility index (Phi) is 7.04. The molecule has 0 spiro atoms. The highest BCUT2D eigenvalue weighted by atomic mass is 32.1. The summed E-state index contributed by atoms with van der Waals surface area (Å²) in [5.74, 6) is 0.0141. The number of hydrogen-bond donors (Lipinski definition) is 1. The van der Waals surface area contributed by atoms with Crippen LogP contribution < -0.4 is 10.1 Å². The SMILES string of the molecule is O=C(Cc1csc(-c2ccc(C(F)(F)F)cc2)n1)NCCCOc1ccc(F)cc1. The van der Waals surface area contributed by atoms with Gasteiger partial charge in [0.05, 0.1) is 24.3 Å². The molecule has 0 bridgehead atoms. The average molecular weight is 438 g/mol. The van der Waals surface area contributed by atoms with Crippen LogP contribution in [-0.4, -0.2) is 24.0 Å². The molecule has 0 saturated heterocycles. The van der Waals surface area contributed by atoms with Crippen LogP contribution in [-0.2, 0) is 17.4 Å². The van der Waals surface area contributed by atoms with E-state index in [1.54, 1.807) is 5.38 Å². The molecule has 4 nitrogen and oxygen atoms in total. The molecule has 1 heterocycles. The molecule has 158 valence electrons. The molecule has 2 aromatic carbocycles. The normalized spacial score (nSPS) is 11.3. The van der Waals surface area contributed by atoms with Gasteiger partial charge in [-0.15, -0.1) is 11.3 Å². The number of halogens is 4. The van der Waals surface area contributed by atoms with Crippen molar-refractivity contribution in [1.29, 1.82) is 0 Å². The quantitative estimate of drug-likeness (QED) is 0.394. The van der Waals surface area contributed by atoms with Gasteiger partial charge in [-0.3, -0.25) is 4.79 Å². The van der Waals surface area contributed by atoms with Gasteiger partial charge in [0.2, 0.25) is 5.91 Å². The summed E-state index contributed by atoms with van der Waals surface area (Å²) in [7, 11) is 0. The van der Waals surface area contributed by atoms with Crippen molar-refractivity contribution in [2.75, 3.05) is 13.2 Å². The highest BCUT2D eigenvalue weighted by Crippen LogP contribution is 2.31. The maximum Gasteiger partial charge on any atom is 0.416 e. The largest absolute Gasteiger partial charge is 0.494 e. The predicted octanol–water partition coefficient (Wildman–Crippen LogP) is 5.10. The lowest BCUT2D eigenvalue weighted by atomic mass is 10.1. The molecule has 0 unspecified atom stereocenters. The molecule has 0 fully saturated rings. The van der Waals surface area contributed by atoms with E-state index >= 15 is 0 Å². The first-order valence-corrected chi connectivity index (χ1v) is 9.96. The van der Waals surface area contributed by atoms with E-state index in [1.165, 1.54) is 47.7 Å². The van der Waals surface area contributed by atoms with Crippen molar-refractivity contribution >= 4 is 17.2 Å². The molecule has 0 aliphatic heterocycles. The number of carbonyl (C=O) groups excluding carboxylic acids is 1. The van der Waals surface area contributed by atoms with Crippen LogP contribution in [0.1, 0.15) is 17.7 Å². The third kappa shape index (κ3) is 6.28. The summed E-state index contributed by atoms with van der Waals surface area (Å²) in [5, 5.41) is 5.03. The zero-order valence-electron chi connectivity index (χ0n) is 15.7. The standard InChI is InChI=1S/C21H18F4N2O2S/c22-16-6-8-18(9-7-16)29-11-1-10-26-19(28)12-17-13-30-20(27-17)14-2-4-15(5-3-14)21(23,24)25/h2-9,13H,1,10-12H2,(H,26,28). The number of alkyl halides is 3. The zero-order chi connectivity index (χ0) is 21.6. The van der Waals surface area contributed by atoms with E-state index in [2.05, 4.69) is 10.3 Å². The van der Waals surface area contributed by atoms with Crippen molar-refractivity contribution < 1.29 is 27.1 Å². The Bertz CT molecular complexity index is 970. The highest BCUT2D eigenvalue weighted by molar-refractivity contribution is 7.13. The molecule has 3 aromatic rings. The van der Waals surface area contributed by atoms with Crippen molar-refractivity contribution in [1.82, 2.24) is 10.3 Å². The number of nitrogens with one attached hydrogen (secondary N) is 1. The molecule has 1 aromatic heterocycles. The van der Waals surface area contributed by atoms with Crippen LogP contribution in [0.2, 0.25) is 0 Å². The van der Waals surface area contributed by atoms with E-state index in [0.29, 0.717) is 41.6 Å². The minimum Gasteiger partial charge on any atom is -0.494 e. The number of amides is 1. The smallest absolute Gasteiger partial charge is 0.416 e. The number of ether oxygens (including phenoxy) is 1. The summed E-state index contributed by atoms with van der Waals surface area (Å²) in [6.45, 7) is 0.788. The first-order chi connectivity index (χ1) is 14.3. The van der Waals surface area contributed by atoms with Gasteiger partial charge in [-0.2, -0.15) is 13.2 Å². The molecule has 0 radical (unpaired) electrons. The number of benzene rings is 2. The van der Waals surface area contributed by atoms with Crippen molar-refractivity contribution in [3.63, 3.8) is 0 Å². The Morgan fingerprint density at radius 1 is 1.07 bits per heavy atom. The van der Waals surface area contributed by atoms with Gasteiger partial charge < -0.3 is 10.1 Å². The lowest BCUT2D eigenvalue weighted by Crippen LogP contribution is -2.27. The fourth-order valence-electron chi connectivity index (χ4n) is 2.57. The van der Waals surface area contributed by atoms with Gasteiger partial charge in [0.25, 0.3) is 0 Å². The second kappa shape index (κ2) is 9.71. The van der Waals surface area contributed by atoms with E-state index in [1.807, 2.05) is 0 Å². The molecule has 0 saturated carbocycles. The molecule has 1 N–H and O–H groups in total. The molecule has 0 aliphatic carbocycles. The number of thiazole rings is 1. The second-order valence-electron chi connectivity index (χ2n) is 6.40. The van der Waals surface area contributed by atoms with Gasteiger partial charge in [0.15, 0.2) is 0 Å². The summed E-state index contributed by atoms with van der Waals surface area (Å²) < 4.78 is 56.2. The van der Waals surface area contributed by atoms with E-state index in [0.717, 1.165) is 12.1 Å². The van der Waals surface area contributed by atoms with Gasteiger partial charge >= 0.3 is 6.18 Å². The molecule has 0 atom stereocenters. The monoisotopic (exact) mass is 438 g/mol. The highest BCUT2D eigenvalue weighted by Gasteiger charge is 2.30. The lowest BCUT2D eigenvalue weighted by molar-refractivity contribution is -0.137. The Morgan fingerprint density at radius 3 is 2.43 bits per heavy atom. The lowest BCUT2D eigenvalue weighted by Gasteiger charge is -2.07. The molecule has 1 amide bonds. The van der Waals surface area contributed by atoms with Crippen LogP contribution in [0.5, 0.6) is 5.75 Å². The fraction of sp³-hybridized carbons (Fsp3) is 0.238. The molecular formula is C21H18F4N2O2S. The van der Waals surface area contributed by atoms with Gasteiger partial charge in [-0.1, -0.05) is 12.1 Å². The zero-order valence-corrected chi connectivity index (χ0v) is 16.5. The summed E-state index contributed by atoms with van der Waals surface area (Å²) in [5.41, 5.74) is 0.401. The van der Waals surface area contributed by atoms with Crippen LogP contribution in [0.3, 0.4) is 0 Å². The van der Waals surface area contributed by atoms with Crippen LogP contribution in [0.15, 0.2) is 53.9 Å². The van der Waals surface area contributed by atoms with Crippen LogP contribution >= 0.6 is 11.3 Å². The van der Waals surface area contributed by atoms with E-state index in [4.69, 9.17) is 4.74 Å². The first-order valence-electron chi connectivity index (χ1n) is 9.08. The molecule has 9 heteroatoms. The Hall–Kier alpha value is -2.94. The maximum atomic E-state index is 12.8.